The molecular formula is C24H32BrN3O5S. The molecule has 0 saturated carbocycles. The Morgan fingerprint density at radius 1 is 1.09 bits per heavy atom. The maximum absolute atomic E-state index is 13.5. The third kappa shape index (κ3) is 7.73. The molecular weight excluding hydrogens is 522 g/mol. The van der Waals surface area contributed by atoms with Crippen molar-refractivity contribution in [2.75, 3.05) is 30.8 Å². The fourth-order valence-corrected chi connectivity index (χ4v) is 4.60. The van der Waals surface area contributed by atoms with E-state index in [1.807, 2.05) is 38.1 Å². The Kier molecular flexibility index (Phi) is 9.93. The molecule has 0 fully saturated rings. The minimum Gasteiger partial charge on any atom is -0.495 e. The zero-order valence-corrected chi connectivity index (χ0v) is 22.5. The van der Waals surface area contributed by atoms with Crippen LogP contribution >= 0.6 is 15.9 Å². The average Bonchev–Trinajstić information content (AvgIpc) is 2.78. The molecule has 0 bridgehead atoms. The lowest BCUT2D eigenvalue weighted by molar-refractivity contribution is -0.139. The molecule has 2 rings (SSSR count). The van der Waals surface area contributed by atoms with Crippen molar-refractivity contribution in [1.82, 2.24) is 10.2 Å². The Bertz CT molecular complexity index is 1110. The second-order valence-corrected chi connectivity index (χ2v) is 11.2. The van der Waals surface area contributed by atoms with Crippen molar-refractivity contribution >= 4 is 43.5 Å². The third-order valence-corrected chi connectivity index (χ3v) is 6.75. The van der Waals surface area contributed by atoms with E-state index in [-0.39, 0.29) is 24.1 Å². The van der Waals surface area contributed by atoms with E-state index in [0.717, 1.165) is 20.6 Å². The highest BCUT2D eigenvalue weighted by atomic mass is 79.9. The molecule has 2 aromatic carbocycles. The van der Waals surface area contributed by atoms with Crippen LogP contribution in [0.4, 0.5) is 5.69 Å². The minimum absolute atomic E-state index is 0.137. The highest BCUT2D eigenvalue weighted by Gasteiger charge is 2.31. The second-order valence-electron chi connectivity index (χ2n) is 8.41. The zero-order chi connectivity index (χ0) is 25.5. The molecule has 0 aliphatic rings. The van der Waals surface area contributed by atoms with Gasteiger partial charge in [0, 0.05) is 17.6 Å². The van der Waals surface area contributed by atoms with Gasteiger partial charge in [-0.2, -0.15) is 0 Å². The number of hydrogen-bond donors (Lipinski definition) is 1. The van der Waals surface area contributed by atoms with Gasteiger partial charge in [0.15, 0.2) is 0 Å². The molecule has 2 aromatic rings. The van der Waals surface area contributed by atoms with Gasteiger partial charge in [-0.3, -0.25) is 13.9 Å². The number of methoxy groups -OCH3 is 1. The number of halogens is 1. The fraction of sp³-hybridized carbons (Fsp3) is 0.417. The molecule has 0 aromatic heterocycles. The summed E-state index contributed by atoms with van der Waals surface area (Å²) in [4.78, 5) is 27.8. The lowest BCUT2D eigenvalue weighted by atomic mass is 10.1. The van der Waals surface area contributed by atoms with Gasteiger partial charge in [-0.15, -0.1) is 0 Å². The number of rotatable bonds is 11. The van der Waals surface area contributed by atoms with Gasteiger partial charge in [-0.05, 0) is 42.7 Å². The molecule has 1 atom stereocenters. The SMILES string of the molecule is COc1ccccc1N(CC(=O)N(Cc1cccc(Br)c1)C(C)C(=O)NCC(C)C)S(C)(=O)=O. The highest BCUT2D eigenvalue weighted by molar-refractivity contribution is 9.10. The molecule has 0 aliphatic heterocycles. The number of para-hydroxylation sites is 2. The largest absolute Gasteiger partial charge is 0.495 e. The van der Waals surface area contributed by atoms with Crippen molar-refractivity contribution in [2.45, 2.75) is 33.4 Å². The van der Waals surface area contributed by atoms with Crippen LogP contribution in [0.2, 0.25) is 0 Å². The number of nitrogens with one attached hydrogen (secondary N) is 1. The minimum atomic E-state index is -3.83. The molecule has 0 aliphatic carbocycles. The van der Waals surface area contributed by atoms with Gasteiger partial charge in [0.05, 0.1) is 19.1 Å². The van der Waals surface area contributed by atoms with Gasteiger partial charge >= 0.3 is 0 Å². The van der Waals surface area contributed by atoms with Crippen LogP contribution in [0.15, 0.2) is 53.0 Å². The predicted octanol–water partition coefficient (Wildman–Crippen LogP) is 3.41. The number of carbonyl (C=O) groups excluding carboxylic acids is 2. The molecule has 1 unspecified atom stereocenters. The lowest BCUT2D eigenvalue weighted by Gasteiger charge is -2.32. The van der Waals surface area contributed by atoms with E-state index in [9.17, 15) is 18.0 Å². The summed E-state index contributed by atoms with van der Waals surface area (Å²) in [5.41, 5.74) is 1.05. The summed E-state index contributed by atoms with van der Waals surface area (Å²) in [7, 11) is -2.40. The van der Waals surface area contributed by atoms with Gasteiger partial charge in [0.2, 0.25) is 21.8 Å². The molecule has 1 N–H and O–H groups in total. The van der Waals surface area contributed by atoms with E-state index in [1.54, 1.807) is 31.2 Å². The van der Waals surface area contributed by atoms with Gasteiger partial charge in [0.25, 0.3) is 0 Å². The average molecular weight is 555 g/mol. The molecule has 10 heteroatoms. The second kappa shape index (κ2) is 12.2. The summed E-state index contributed by atoms with van der Waals surface area (Å²) in [6.07, 6.45) is 1.03. The summed E-state index contributed by atoms with van der Waals surface area (Å²) in [5.74, 6) is -0.248. The van der Waals surface area contributed by atoms with Crippen LogP contribution in [-0.2, 0) is 26.2 Å². The predicted molar refractivity (Wildman–Crippen MR) is 137 cm³/mol. The molecule has 8 nitrogen and oxygen atoms in total. The van der Waals surface area contributed by atoms with Crippen LogP contribution < -0.4 is 14.4 Å². The van der Waals surface area contributed by atoms with E-state index < -0.39 is 28.5 Å². The Hall–Kier alpha value is -2.59. The van der Waals surface area contributed by atoms with Crippen molar-refractivity contribution in [3.63, 3.8) is 0 Å². The van der Waals surface area contributed by atoms with E-state index in [0.29, 0.717) is 12.3 Å². The number of carbonyl (C=O) groups is 2. The quantitative estimate of drug-likeness (QED) is 0.460. The number of ether oxygens (including phenoxy) is 1. The fourth-order valence-electron chi connectivity index (χ4n) is 3.30. The van der Waals surface area contributed by atoms with Crippen molar-refractivity contribution in [3.05, 3.63) is 58.6 Å². The number of amides is 2. The van der Waals surface area contributed by atoms with Crippen LogP contribution in [0, 0.1) is 5.92 Å². The standard InChI is InChI=1S/C24H32BrN3O5S/c1-17(2)14-26-24(30)18(3)27(15-19-9-8-10-20(25)13-19)23(29)16-28(34(5,31)32)21-11-6-7-12-22(21)33-4/h6-13,17-18H,14-16H2,1-5H3,(H,26,30). The molecule has 0 spiro atoms. The van der Waals surface area contributed by atoms with Crippen LogP contribution in [0.3, 0.4) is 0 Å². The topological polar surface area (TPSA) is 96.0 Å². The smallest absolute Gasteiger partial charge is 0.244 e. The summed E-state index contributed by atoms with van der Waals surface area (Å²) < 4.78 is 32.5. The number of sulfonamides is 1. The van der Waals surface area contributed by atoms with E-state index in [1.165, 1.54) is 12.0 Å². The van der Waals surface area contributed by atoms with E-state index in [4.69, 9.17) is 4.74 Å². The molecule has 0 saturated heterocycles. The number of nitrogens with zero attached hydrogens (tertiary/aromatic N) is 2. The van der Waals surface area contributed by atoms with Crippen LogP contribution in [0.5, 0.6) is 5.75 Å². The number of anilines is 1. The number of hydrogen-bond acceptors (Lipinski definition) is 5. The first-order valence-corrected chi connectivity index (χ1v) is 13.5. The van der Waals surface area contributed by atoms with Crippen LogP contribution in [-0.4, -0.2) is 57.6 Å². The summed E-state index contributed by atoms with van der Waals surface area (Å²) in [6, 6.07) is 13.2. The van der Waals surface area contributed by atoms with Gasteiger partial charge in [-0.1, -0.05) is 54.0 Å². The molecule has 186 valence electrons. The zero-order valence-electron chi connectivity index (χ0n) is 20.1. The monoisotopic (exact) mass is 553 g/mol. The highest BCUT2D eigenvalue weighted by Crippen LogP contribution is 2.29. The first kappa shape index (κ1) is 27.7. The van der Waals surface area contributed by atoms with Gasteiger partial charge in [-0.25, -0.2) is 8.42 Å². The van der Waals surface area contributed by atoms with Gasteiger partial charge in [0.1, 0.15) is 18.3 Å². The summed E-state index contributed by atoms with van der Waals surface area (Å²) >= 11 is 3.42. The van der Waals surface area contributed by atoms with E-state index in [2.05, 4.69) is 21.2 Å². The lowest BCUT2D eigenvalue weighted by Crippen LogP contribution is -2.51. The van der Waals surface area contributed by atoms with Crippen LogP contribution in [0.25, 0.3) is 0 Å². The molecule has 0 heterocycles. The summed E-state index contributed by atoms with van der Waals surface area (Å²) in [5, 5.41) is 2.85. The first-order chi connectivity index (χ1) is 15.9. The van der Waals surface area contributed by atoms with Gasteiger partial charge < -0.3 is 15.0 Å². The molecule has 34 heavy (non-hydrogen) atoms. The normalized spacial score (nSPS) is 12.2. The van der Waals surface area contributed by atoms with Crippen molar-refractivity contribution in [1.29, 1.82) is 0 Å². The summed E-state index contributed by atoms with van der Waals surface area (Å²) in [6.45, 7) is 5.73. The maximum atomic E-state index is 13.5. The maximum Gasteiger partial charge on any atom is 0.244 e. The van der Waals surface area contributed by atoms with Crippen molar-refractivity contribution < 1.29 is 22.7 Å². The van der Waals surface area contributed by atoms with Crippen LogP contribution in [0.1, 0.15) is 26.3 Å². The Morgan fingerprint density at radius 3 is 2.35 bits per heavy atom. The molecule has 2 amide bonds. The third-order valence-electron chi connectivity index (χ3n) is 5.13. The van der Waals surface area contributed by atoms with Crippen molar-refractivity contribution in [2.24, 2.45) is 5.92 Å². The molecule has 0 radical (unpaired) electrons. The van der Waals surface area contributed by atoms with E-state index >= 15 is 0 Å². The Morgan fingerprint density at radius 2 is 1.76 bits per heavy atom. The Labute approximate surface area is 210 Å². The van der Waals surface area contributed by atoms with Crippen molar-refractivity contribution in [3.8, 4) is 5.75 Å². The Balaban J connectivity index is 2.40. The first-order valence-electron chi connectivity index (χ1n) is 10.9. The number of benzene rings is 2.